The van der Waals surface area contributed by atoms with Crippen molar-refractivity contribution in [2.24, 2.45) is 0 Å². The molecule has 6 nitrogen and oxygen atoms in total. The van der Waals surface area contributed by atoms with Crippen LogP contribution in [0.15, 0.2) is 58.5 Å². The van der Waals surface area contributed by atoms with Gasteiger partial charge in [0, 0.05) is 12.2 Å². The van der Waals surface area contributed by atoms with Crippen LogP contribution >= 0.6 is 35.0 Å². The van der Waals surface area contributed by atoms with Gasteiger partial charge in [-0.05, 0) is 36.2 Å². The van der Waals surface area contributed by atoms with E-state index >= 15 is 0 Å². The molecule has 3 aromatic rings. The second-order valence-electron chi connectivity index (χ2n) is 6.38. The lowest BCUT2D eigenvalue weighted by Crippen LogP contribution is -2.31. The smallest absolute Gasteiger partial charge is 0.262 e. The average Bonchev–Trinajstić information content (AvgIpc) is 3.12. The first-order chi connectivity index (χ1) is 13.9. The number of carbonyl (C=O) groups is 1. The molecule has 0 fully saturated rings. The zero-order valence-electron chi connectivity index (χ0n) is 15.0. The Bertz CT molecular complexity index is 1170. The Morgan fingerprint density at radius 3 is 2.72 bits per heavy atom. The minimum atomic E-state index is -0.489. The summed E-state index contributed by atoms with van der Waals surface area (Å²) in [6.45, 7) is 0.617. The lowest BCUT2D eigenvalue weighted by atomic mass is 10.2. The summed E-state index contributed by atoms with van der Waals surface area (Å²) in [6.07, 6.45) is 0.810. The van der Waals surface area contributed by atoms with Crippen LogP contribution in [0.3, 0.4) is 0 Å². The van der Waals surface area contributed by atoms with Gasteiger partial charge < -0.3 is 10.0 Å². The topological polar surface area (TPSA) is 75.4 Å². The van der Waals surface area contributed by atoms with E-state index in [1.165, 1.54) is 10.6 Å². The molecule has 0 spiro atoms. The monoisotopic (exact) mass is 447 g/mol. The predicted octanol–water partition coefficient (Wildman–Crippen LogP) is 3.93. The second kappa shape index (κ2) is 8.10. The fourth-order valence-corrected chi connectivity index (χ4v) is 4.39. The molecule has 4 rings (SSSR count). The molecular formula is C20H15Cl2N3O3S. The molecular weight excluding hydrogens is 433 g/mol. The first kappa shape index (κ1) is 19.8. The number of amides is 1. The molecule has 148 valence electrons. The minimum absolute atomic E-state index is 0.0611. The Labute approximate surface area is 180 Å². The fraction of sp³-hybridized carbons (Fsp3) is 0.150. The molecule has 9 heteroatoms. The third-order valence-electron chi connectivity index (χ3n) is 4.55. The lowest BCUT2D eigenvalue weighted by molar-refractivity contribution is -0.116. The van der Waals surface area contributed by atoms with Gasteiger partial charge in [-0.3, -0.25) is 14.2 Å². The fourth-order valence-electron chi connectivity index (χ4n) is 3.21. The van der Waals surface area contributed by atoms with Crippen LogP contribution in [0, 0.1) is 0 Å². The minimum Gasteiger partial charge on any atom is -0.493 e. The highest BCUT2D eigenvalue weighted by Gasteiger charge is 2.24. The third kappa shape index (κ3) is 3.99. The number of anilines is 1. The maximum Gasteiger partial charge on any atom is 0.262 e. The van der Waals surface area contributed by atoms with E-state index in [1.807, 2.05) is 24.3 Å². The van der Waals surface area contributed by atoms with Crippen LogP contribution in [0.2, 0.25) is 10.0 Å². The van der Waals surface area contributed by atoms with E-state index in [1.54, 1.807) is 17.0 Å². The number of rotatable bonds is 4. The van der Waals surface area contributed by atoms with Gasteiger partial charge in [-0.15, -0.1) is 0 Å². The van der Waals surface area contributed by atoms with Gasteiger partial charge in [0.1, 0.15) is 0 Å². The number of nitrogens with zero attached hydrogens (tertiary/aromatic N) is 3. The summed E-state index contributed by atoms with van der Waals surface area (Å²) in [7, 11) is 0. The lowest BCUT2D eigenvalue weighted by Gasteiger charge is -2.18. The summed E-state index contributed by atoms with van der Waals surface area (Å²) in [4.78, 5) is 31.1. The number of thioether (sulfide) groups is 1. The zero-order chi connectivity index (χ0) is 20.5. The molecule has 1 aliphatic rings. The van der Waals surface area contributed by atoms with Crippen molar-refractivity contribution >= 4 is 46.6 Å². The average molecular weight is 448 g/mol. The van der Waals surface area contributed by atoms with Crippen molar-refractivity contribution < 1.29 is 9.90 Å². The van der Waals surface area contributed by atoms with E-state index in [0.29, 0.717) is 17.3 Å². The number of halogens is 2. The van der Waals surface area contributed by atoms with Gasteiger partial charge in [0.05, 0.1) is 27.6 Å². The van der Waals surface area contributed by atoms with Gasteiger partial charge in [-0.2, -0.15) is 4.98 Å². The van der Waals surface area contributed by atoms with Gasteiger partial charge >= 0.3 is 0 Å². The molecule has 0 bridgehead atoms. The van der Waals surface area contributed by atoms with Crippen LogP contribution in [0.1, 0.15) is 5.56 Å². The third-order valence-corrected chi connectivity index (χ3v) is 6.21. The van der Waals surface area contributed by atoms with Crippen LogP contribution < -0.4 is 10.5 Å². The van der Waals surface area contributed by atoms with Crippen molar-refractivity contribution in [1.29, 1.82) is 0 Å². The van der Waals surface area contributed by atoms with Gasteiger partial charge in [0.15, 0.2) is 5.16 Å². The summed E-state index contributed by atoms with van der Waals surface area (Å²) in [5.41, 5.74) is 1.99. The van der Waals surface area contributed by atoms with Gasteiger partial charge in [-0.1, -0.05) is 53.2 Å². The Hall–Kier alpha value is -2.48. The molecule has 2 aromatic carbocycles. The Morgan fingerprint density at radius 1 is 1.14 bits per heavy atom. The number of carbonyl (C=O) groups excluding carboxylic acids is 1. The number of fused-ring (bicyclic) bond motifs is 1. The second-order valence-corrected chi connectivity index (χ2v) is 8.14. The van der Waals surface area contributed by atoms with Crippen molar-refractivity contribution in [1.82, 2.24) is 9.55 Å². The van der Waals surface area contributed by atoms with Crippen molar-refractivity contribution in [2.45, 2.75) is 11.6 Å². The van der Waals surface area contributed by atoms with E-state index < -0.39 is 11.4 Å². The molecule has 0 radical (unpaired) electrons. The van der Waals surface area contributed by atoms with Crippen molar-refractivity contribution in [2.75, 3.05) is 17.2 Å². The number of aromatic nitrogens is 2. The molecule has 1 aromatic heterocycles. The SMILES string of the molecule is O=C(CSc1nc(O)cc(=O)n1-c1ccc(Cl)c(Cl)c1)N1CCc2ccccc21. The Morgan fingerprint density at radius 2 is 1.93 bits per heavy atom. The highest BCUT2D eigenvalue weighted by Crippen LogP contribution is 2.30. The van der Waals surface area contributed by atoms with Crippen LogP contribution in [-0.4, -0.2) is 32.9 Å². The first-order valence-electron chi connectivity index (χ1n) is 8.73. The van der Waals surface area contributed by atoms with Gasteiger partial charge in [0.25, 0.3) is 5.56 Å². The number of hydrogen-bond donors (Lipinski definition) is 1. The molecule has 1 N–H and O–H groups in total. The Kier molecular flexibility index (Phi) is 5.54. The molecule has 0 atom stereocenters. The molecule has 0 saturated carbocycles. The van der Waals surface area contributed by atoms with Crippen LogP contribution in [0.25, 0.3) is 5.69 Å². The number of aromatic hydroxyl groups is 1. The highest BCUT2D eigenvalue weighted by atomic mass is 35.5. The zero-order valence-corrected chi connectivity index (χ0v) is 17.3. The summed E-state index contributed by atoms with van der Waals surface area (Å²) in [5, 5.41) is 10.6. The van der Waals surface area contributed by atoms with Gasteiger partial charge in [0.2, 0.25) is 11.8 Å². The summed E-state index contributed by atoms with van der Waals surface area (Å²) < 4.78 is 1.29. The van der Waals surface area contributed by atoms with Gasteiger partial charge in [-0.25, -0.2) is 0 Å². The predicted molar refractivity (Wildman–Crippen MR) is 115 cm³/mol. The maximum atomic E-state index is 12.8. The summed E-state index contributed by atoms with van der Waals surface area (Å²) in [5.74, 6) is -0.447. The normalized spacial score (nSPS) is 12.8. The largest absolute Gasteiger partial charge is 0.493 e. The number of hydrogen-bond acceptors (Lipinski definition) is 5. The van der Waals surface area contributed by atoms with Crippen LogP contribution in [0.5, 0.6) is 5.88 Å². The number of para-hydroxylation sites is 1. The quantitative estimate of drug-likeness (QED) is 0.484. The maximum absolute atomic E-state index is 12.8. The molecule has 1 aliphatic heterocycles. The highest BCUT2D eigenvalue weighted by molar-refractivity contribution is 7.99. The number of benzene rings is 2. The van der Waals surface area contributed by atoms with E-state index in [4.69, 9.17) is 23.2 Å². The molecule has 0 unspecified atom stereocenters. The van der Waals surface area contributed by atoms with Crippen LogP contribution in [-0.2, 0) is 11.2 Å². The van der Waals surface area contributed by atoms with Crippen LogP contribution in [0.4, 0.5) is 5.69 Å². The van der Waals surface area contributed by atoms with Crippen molar-refractivity contribution in [3.8, 4) is 11.6 Å². The molecule has 0 aliphatic carbocycles. The standard InChI is InChI=1S/C20H15Cl2N3O3S/c21-14-6-5-13(9-15(14)22)25-18(27)10-17(26)23-20(25)29-11-19(28)24-8-7-12-3-1-2-4-16(12)24/h1-6,9-10,26H,7-8,11H2. The summed E-state index contributed by atoms with van der Waals surface area (Å²) in [6, 6.07) is 13.5. The first-order valence-corrected chi connectivity index (χ1v) is 10.5. The van der Waals surface area contributed by atoms with E-state index in [0.717, 1.165) is 35.5 Å². The van der Waals surface area contributed by atoms with E-state index in [2.05, 4.69) is 4.98 Å². The molecule has 0 saturated heterocycles. The molecule has 2 heterocycles. The molecule has 1 amide bonds. The van der Waals surface area contributed by atoms with Crippen molar-refractivity contribution in [3.63, 3.8) is 0 Å². The molecule has 29 heavy (non-hydrogen) atoms. The summed E-state index contributed by atoms with van der Waals surface area (Å²) >= 11 is 13.1. The Balaban J connectivity index is 1.61. The van der Waals surface area contributed by atoms with Crippen molar-refractivity contribution in [3.05, 3.63) is 74.5 Å². The van der Waals surface area contributed by atoms with E-state index in [-0.39, 0.29) is 21.8 Å². The van der Waals surface area contributed by atoms with E-state index in [9.17, 15) is 14.7 Å².